The van der Waals surface area contributed by atoms with Crippen LogP contribution in [0.25, 0.3) is 0 Å². The molecule has 188 valence electrons. The van der Waals surface area contributed by atoms with Gasteiger partial charge in [0, 0.05) is 49.4 Å². The number of fused-ring (bicyclic) bond motifs is 1. The van der Waals surface area contributed by atoms with E-state index in [4.69, 9.17) is 0 Å². The Morgan fingerprint density at radius 2 is 1.62 bits per heavy atom. The first-order valence-electron chi connectivity index (χ1n) is 12.0. The van der Waals surface area contributed by atoms with Gasteiger partial charge in [-0.15, -0.1) is 0 Å². The SMILES string of the molecule is O=C1CC(c2ccccc2)N(C(=O)c2cccc([N+](=O)[O-])c2)c2ccc(C(=O)N3CCNCC3)cc2N1. The van der Waals surface area contributed by atoms with Crippen LogP contribution in [-0.2, 0) is 4.79 Å². The molecule has 0 bridgehead atoms. The third-order valence-corrected chi connectivity index (χ3v) is 6.58. The van der Waals surface area contributed by atoms with Crippen molar-refractivity contribution in [2.24, 2.45) is 0 Å². The summed E-state index contributed by atoms with van der Waals surface area (Å²) in [7, 11) is 0. The van der Waals surface area contributed by atoms with E-state index in [1.807, 2.05) is 30.3 Å². The van der Waals surface area contributed by atoms with Crippen molar-refractivity contribution >= 4 is 34.8 Å². The maximum absolute atomic E-state index is 13.9. The van der Waals surface area contributed by atoms with Crippen LogP contribution in [0.2, 0.25) is 0 Å². The van der Waals surface area contributed by atoms with Crippen LogP contribution in [0.4, 0.5) is 17.1 Å². The van der Waals surface area contributed by atoms with Gasteiger partial charge < -0.3 is 15.5 Å². The average molecular weight is 500 g/mol. The highest BCUT2D eigenvalue weighted by Crippen LogP contribution is 2.40. The topological polar surface area (TPSA) is 125 Å². The van der Waals surface area contributed by atoms with Crippen molar-refractivity contribution in [1.29, 1.82) is 0 Å². The molecule has 0 aliphatic carbocycles. The lowest BCUT2D eigenvalue weighted by Gasteiger charge is -2.31. The Labute approximate surface area is 213 Å². The number of nitro groups is 1. The van der Waals surface area contributed by atoms with Gasteiger partial charge in [-0.05, 0) is 29.8 Å². The van der Waals surface area contributed by atoms with E-state index < -0.39 is 16.9 Å². The highest BCUT2D eigenvalue weighted by Gasteiger charge is 2.35. The van der Waals surface area contributed by atoms with Crippen molar-refractivity contribution < 1.29 is 19.3 Å². The zero-order valence-corrected chi connectivity index (χ0v) is 19.9. The fourth-order valence-corrected chi connectivity index (χ4v) is 4.75. The van der Waals surface area contributed by atoms with E-state index in [1.54, 1.807) is 23.1 Å². The fraction of sp³-hybridized carbons (Fsp3) is 0.222. The minimum absolute atomic E-state index is 0.0273. The maximum Gasteiger partial charge on any atom is 0.270 e. The molecular weight excluding hydrogens is 474 g/mol. The largest absolute Gasteiger partial charge is 0.336 e. The second-order valence-corrected chi connectivity index (χ2v) is 8.94. The summed E-state index contributed by atoms with van der Waals surface area (Å²) in [6, 6.07) is 18.9. The predicted octanol–water partition coefficient (Wildman–Crippen LogP) is 3.37. The number of piperazine rings is 1. The molecular formula is C27H25N5O5. The molecule has 1 atom stereocenters. The summed E-state index contributed by atoms with van der Waals surface area (Å²) in [6.45, 7) is 2.57. The highest BCUT2D eigenvalue weighted by molar-refractivity contribution is 6.12. The Hall–Kier alpha value is -4.57. The van der Waals surface area contributed by atoms with Crippen LogP contribution in [0.1, 0.15) is 38.7 Å². The summed E-state index contributed by atoms with van der Waals surface area (Å²) in [5, 5.41) is 17.4. The monoisotopic (exact) mass is 499 g/mol. The molecule has 1 fully saturated rings. The summed E-state index contributed by atoms with van der Waals surface area (Å²) in [5.41, 5.74) is 1.81. The summed E-state index contributed by atoms with van der Waals surface area (Å²) in [5.74, 6) is -0.952. The molecule has 5 rings (SSSR count). The summed E-state index contributed by atoms with van der Waals surface area (Å²) in [6.07, 6.45) is -0.0273. The number of benzene rings is 3. The Kier molecular flexibility index (Phi) is 6.65. The van der Waals surface area contributed by atoms with Gasteiger partial charge in [-0.1, -0.05) is 36.4 Å². The first-order valence-corrected chi connectivity index (χ1v) is 12.0. The van der Waals surface area contributed by atoms with Gasteiger partial charge in [0.1, 0.15) is 0 Å². The van der Waals surface area contributed by atoms with Crippen molar-refractivity contribution in [3.05, 3.63) is 99.6 Å². The number of nitrogens with one attached hydrogen (secondary N) is 2. The molecule has 3 amide bonds. The zero-order valence-electron chi connectivity index (χ0n) is 19.9. The van der Waals surface area contributed by atoms with E-state index in [9.17, 15) is 24.5 Å². The van der Waals surface area contributed by atoms with Crippen molar-refractivity contribution in [3.63, 3.8) is 0 Å². The number of nitrogens with zero attached hydrogens (tertiary/aromatic N) is 3. The number of nitro benzene ring substituents is 1. The Morgan fingerprint density at radius 1 is 0.892 bits per heavy atom. The number of rotatable bonds is 4. The molecule has 3 aromatic rings. The molecule has 3 aromatic carbocycles. The lowest BCUT2D eigenvalue weighted by Crippen LogP contribution is -2.46. The lowest BCUT2D eigenvalue weighted by molar-refractivity contribution is -0.384. The number of carbonyl (C=O) groups is 3. The second kappa shape index (κ2) is 10.2. The third-order valence-electron chi connectivity index (χ3n) is 6.58. The van der Waals surface area contributed by atoms with Crippen LogP contribution in [-0.4, -0.2) is 53.7 Å². The molecule has 1 saturated heterocycles. The molecule has 0 aromatic heterocycles. The van der Waals surface area contributed by atoms with Gasteiger partial charge in [0.05, 0.1) is 28.8 Å². The van der Waals surface area contributed by atoms with Crippen LogP contribution in [0.15, 0.2) is 72.8 Å². The van der Waals surface area contributed by atoms with Crippen molar-refractivity contribution in [3.8, 4) is 0 Å². The smallest absolute Gasteiger partial charge is 0.270 e. The Morgan fingerprint density at radius 3 is 2.35 bits per heavy atom. The van der Waals surface area contributed by atoms with Crippen LogP contribution < -0.4 is 15.5 Å². The van der Waals surface area contributed by atoms with Crippen molar-refractivity contribution in [2.75, 3.05) is 36.4 Å². The third kappa shape index (κ3) is 4.91. The predicted molar refractivity (Wildman–Crippen MR) is 138 cm³/mol. The summed E-state index contributed by atoms with van der Waals surface area (Å²) < 4.78 is 0. The van der Waals surface area contributed by atoms with Gasteiger partial charge in [-0.25, -0.2) is 0 Å². The zero-order chi connectivity index (χ0) is 25.9. The van der Waals surface area contributed by atoms with Gasteiger partial charge in [0.25, 0.3) is 17.5 Å². The number of carbonyl (C=O) groups excluding carboxylic acids is 3. The molecule has 0 saturated carbocycles. The van der Waals surface area contributed by atoms with Gasteiger partial charge in [-0.3, -0.25) is 29.4 Å². The number of anilines is 2. The number of amides is 3. The van der Waals surface area contributed by atoms with Crippen LogP contribution in [0, 0.1) is 10.1 Å². The van der Waals surface area contributed by atoms with E-state index in [0.29, 0.717) is 43.1 Å². The fourth-order valence-electron chi connectivity index (χ4n) is 4.75. The van der Waals surface area contributed by atoms with Gasteiger partial charge in [-0.2, -0.15) is 0 Å². The van der Waals surface area contributed by atoms with Gasteiger partial charge in [0.2, 0.25) is 5.91 Å². The molecule has 2 aliphatic heterocycles. The van der Waals surface area contributed by atoms with Crippen LogP contribution in [0.3, 0.4) is 0 Å². The first-order chi connectivity index (χ1) is 17.9. The minimum Gasteiger partial charge on any atom is -0.336 e. The second-order valence-electron chi connectivity index (χ2n) is 8.94. The number of hydrogen-bond donors (Lipinski definition) is 2. The standard InChI is InChI=1S/C27H25N5O5/c33-25-17-24(18-5-2-1-3-6-18)31(27(35)19-7-4-8-21(15-19)32(36)37)23-10-9-20(16-22(23)29-25)26(34)30-13-11-28-12-14-30/h1-10,15-16,24,28H,11-14,17H2,(H,29,33). The molecule has 2 aliphatic rings. The first kappa shape index (κ1) is 24.1. The highest BCUT2D eigenvalue weighted by atomic mass is 16.6. The average Bonchev–Trinajstić information content (AvgIpc) is 3.08. The number of non-ortho nitro benzene ring substituents is 1. The Bertz CT molecular complexity index is 1370. The minimum atomic E-state index is -0.663. The van der Waals surface area contributed by atoms with Crippen molar-refractivity contribution in [2.45, 2.75) is 12.5 Å². The normalized spacial score (nSPS) is 17.4. The van der Waals surface area contributed by atoms with Gasteiger partial charge in [0.15, 0.2) is 0 Å². The lowest BCUT2D eigenvalue weighted by atomic mass is 9.99. The van der Waals surface area contributed by atoms with E-state index in [-0.39, 0.29) is 29.5 Å². The quantitative estimate of drug-likeness (QED) is 0.419. The van der Waals surface area contributed by atoms with E-state index in [1.165, 1.54) is 29.2 Å². The molecule has 2 N–H and O–H groups in total. The van der Waals surface area contributed by atoms with E-state index in [0.717, 1.165) is 5.56 Å². The molecule has 0 radical (unpaired) electrons. The van der Waals surface area contributed by atoms with Crippen LogP contribution in [0.5, 0.6) is 0 Å². The summed E-state index contributed by atoms with van der Waals surface area (Å²) in [4.78, 5) is 54.1. The van der Waals surface area contributed by atoms with Gasteiger partial charge >= 0.3 is 0 Å². The Balaban J connectivity index is 1.61. The molecule has 2 heterocycles. The van der Waals surface area contributed by atoms with Crippen LogP contribution >= 0.6 is 0 Å². The van der Waals surface area contributed by atoms with E-state index >= 15 is 0 Å². The molecule has 10 heteroatoms. The number of hydrogen-bond acceptors (Lipinski definition) is 6. The molecule has 0 spiro atoms. The van der Waals surface area contributed by atoms with Crippen molar-refractivity contribution in [1.82, 2.24) is 10.2 Å². The summed E-state index contributed by atoms with van der Waals surface area (Å²) >= 11 is 0. The molecule has 1 unspecified atom stereocenters. The van der Waals surface area contributed by atoms with E-state index in [2.05, 4.69) is 10.6 Å². The molecule has 37 heavy (non-hydrogen) atoms. The molecule has 10 nitrogen and oxygen atoms in total. The maximum atomic E-state index is 13.9.